The number of halogens is 3. The molecule has 144 valence electrons. The zero-order chi connectivity index (χ0) is 20.1. The average Bonchev–Trinajstić information content (AvgIpc) is 2.68. The van der Waals surface area contributed by atoms with Gasteiger partial charge in [-0.1, -0.05) is 29.8 Å². The van der Waals surface area contributed by atoms with E-state index in [0.717, 1.165) is 6.07 Å². The number of amides is 1. The van der Waals surface area contributed by atoms with Crippen molar-refractivity contribution in [1.29, 1.82) is 0 Å². The molecule has 9 heteroatoms. The van der Waals surface area contributed by atoms with Crippen LogP contribution in [0.1, 0.15) is 17.7 Å². The number of aryl methyl sites for hydroxylation is 1. The summed E-state index contributed by atoms with van der Waals surface area (Å²) in [4.78, 5) is 26.6. The van der Waals surface area contributed by atoms with Gasteiger partial charge in [-0.25, -0.2) is 8.78 Å². The van der Waals surface area contributed by atoms with Crippen LogP contribution in [0, 0.1) is 11.6 Å². The Kier molecular flexibility index (Phi) is 6.10. The second kappa shape index (κ2) is 8.71. The van der Waals surface area contributed by atoms with Crippen LogP contribution in [0.15, 0.2) is 47.3 Å². The molecular formula is C19H15ClF2N4O2. The van der Waals surface area contributed by atoms with Gasteiger partial charge in [0.1, 0.15) is 17.3 Å². The van der Waals surface area contributed by atoms with Gasteiger partial charge >= 0.3 is 0 Å². The Morgan fingerprint density at radius 1 is 1.11 bits per heavy atom. The molecule has 2 aromatic carbocycles. The Labute approximate surface area is 163 Å². The molecule has 0 bridgehead atoms. The minimum Gasteiger partial charge on any atom is -0.352 e. The van der Waals surface area contributed by atoms with Crippen LogP contribution in [0.25, 0.3) is 11.4 Å². The first-order valence-corrected chi connectivity index (χ1v) is 8.73. The lowest BCUT2D eigenvalue weighted by molar-refractivity contribution is -0.121. The average molecular weight is 405 g/mol. The lowest BCUT2D eigenvalue weighted by atomic mass is 10.2. The molecule has 1 aromatic heterocycles. The number of carbonyl (C=O) groups is 1. The molecule has 0 saturated carbocycles. The van der Waals surface area contributed by atoms with Crippen molar-refractivity contribution in [3.05, 3.63) is 80.7 Å². The number of rotatable bonds is 6. The summed E-state index contributed by atoms with van der Waals surface area (Å²) in [5, 5.41) is 10.2. The molecule has 0 atom stereocenters. The van der Waals surface area contributed by atoms with Crippen molar-refractivity contribution < 1.29 is 13.6 Å². The molecule has 3 rings (SSSR count). The highest BCUT2D eigenvalue weighted by Crippen LogP contribution is 2.21. The summed E-state index contributed by atoms with van der Waals surface area (Å²) in [5.41, 5.74) is 0.353. The standard InChI is InChI=1S/C19H15ClF2N4O2/c20-13-9-11(5-6-15(13)22)18-24-19(28)16(25-26-18)7-8-17(27)23-10-12-3-1-2-4-14(12)21/h1-6,9H,7-8,10H2,(H,23,27)(H,24,26,28). The second-order valence-electron chi connectivity index (χ2n) is 5.95. The predicted octanol–water partition coefficient (Wildman–Crippen LogP) is 3.01. The highest BCUT2D eigenvalue weighted by molar-refractivity contribution is 6.31. The number of aromatic nitrogens is 3. The van der Waals surface area contributed by atoms with Gasteiger partial charge in [-0.05, 0) is 24.3 Å². The van der Waals surface area contributed by atoms with Crippen LogP contribution < -0.4 is 10.9 Å². The maximum absolute atomic E-state index is 13.5. The Morgan fingerprint density at radius 2 is 1.89 bits per heavy atom. The molecule has 0 saturated heterocycles. The summed E-state index contributed by atoms with van der Waals surface area (Å²) in [6.45, 7) is 0.0534. The predicted molar refractivity (Wildman–Crippen MR) is 99.6 cm³/mol. The van der Waals surface area contributed by atoms with E-state index in [1.807, 2.05) is 0 Å². The number of benzene rings is 2. The number of hydrogen-bond donors (Lipinski definition) is 2. The normalized spacial score (nSPS) is 10.7. The van der Waals surface area contributed by atoms with E-state index in [9.17, 15) is 18.4 Å². The number of carbonyl (C=O) groups excluding carboxylic acids is 1. The molecule has 0 spiro atoms. The van der Waals surface area contributed by atoms with Crippen LogP contribution in [0.5, 0.6) is 0 Å². The Morgan fingerprint density at radius 3 is 2.61 bits per heavy atom. The fourth-order valence-corrected chi connectivity index (χ4v) is 2.63. The van der Waals surface area contributed by atoms with Crippen molar-refractivity contribution in [2.45, 2.75) is 19.4 Å². The van der Waals surface area contributed by atoms with Crippen LogP contribution in [-0.4, -0.2) is 21.1 Å². The smallest absolute Gasteiger partial charge is 0.273 e. The van der Waals surface area contributed by atoms with Crippen molar-refractivity contribution in [3.63, 3.8) is 0 Å². The fraction of sp³-hybridized carbons (Fsp3) is 0.158. The highest BCUT2D eigenvalue weighted by atomic mass is 35.5. The molecule has 0 unspecified atom stereocenters. The Hall–Kier alpha value is -3.13. The van der Waals surface area contributed by atoms with Crippen molar-refractivity contribution in [3.8, 4) is 11.4 Å². The molecule has 1 amide bonds. The summed E-state index contributed by atoms with van der Waals surface area (Å²) >= 11 is 5.72. The van der Waals surface area contributed by atoms with Crippen molar-refractivity contribution in [2.75, 3.05) is 0 Å². The number of hydrogen-bond acceptors (Lipinski definition) is 4. The molecule has 1 heterocycles. The van der Waals surface area contributed by atoms with E-state index in [1.54, 1.807) is 18.2 Å². The zero-order valence-electron chi connectivity index (χ0n) is 14.5. The SMILES string of the molecule is O=C(CCc1nnc(-c2ccc(F)c(Cl)c2)[nH]c1=O)NCc1ccccc1F. The number of aromatic amines is 1. The van der Waals surface area contributed by atoms with Gasteiger partial charge in [0.25, 0.3) is 5.56 Å². The summed E-state index contributed by atoms with van der Waals surface area (Å²) < 4.78 is 26.8. The Bertz CT molecular complexity index is 1070. The van der Waals surface area contributed by atoms with Crippen LogP contribution in [0.4, 0.5) is 8.78 Å². The lowest BCUT2D eigenvalue weighted by Crippen LogP contribution is -2.25. The topological polar surface area (TPSA) is 87.7 Å². The van der Waals surface area contributed by atoms with E-state index < -0.39 is 17.2 Å². The Balaban J connectivity index is 1.60. The monoisotopic (exact) mass is 404 g/mol. The molecule has 0 aliphatic carbocycles. The second-order valence-corrected chi connectivity index (χ2v) is 6.35. The summed E-state index contributed by atoms with van der Waals surface area (Å²) in [6.07, 6.45) is 0.0594. The third-order valence-corrected chi connectivity index (χ3v) is 4.27. The first-order valence-electron chi connectivity index (χ1n) is 8.35. The molecule has 0 radical (unpaired) electrons. The van der Waals surface area contributed by atoms with Crippen molar-refractivity contribution >= 4 is 17.5 Å². The van der Waals surface area contributed by atoms with Gasteiger partial charge < -0.3 is 10.3 Å². The molecule has 0 aliphatic heterocycles. The number of nitrogens with zero attached hydrogens (tertiary/aromatic N) is 2. The summed E-state index contributed by atoms with van der Waals surface area (Å²) in [7, 11) is 0. The van der Waals surface area contributed by atoms with E-state index in [1.165, 1.54) is 18.2 Å². The van der Waals surface area contributed by atoms with E-state index in [2.05, 4.69) is 20.5 Å². The quantitative estimate of drug-likeness (QED) is 0.661. The molecule has 6 nitrogen and oxygen atoms in total. The van der Waals surface area contributed by atoms with E-state index in [0.29, 0.717) is 11.1 Å². The lowest BCUT2D eigenvalue weighted by Gasteiger charge is -2.06. The van der Waals surface area contributed by atoms with E-state index in [-0.39, 0.29) is 41.8 Å². The summed E-state index contributed by atoms with van der Waals surface area (Å²) in [6, 6.07) is 10.0. The van der Waals surface area contributed by atoms with Gasteiger partial charge in [-0.15, -0.1) is 10.2 Å². The largest absolute Gasteiger partial charge is 0.352 e. The van der Waals surface area contributed by atoms with Gasteiger partial charge in [-0.2, -0.15) is 0 Å². The van der Waals surface area contributed by atoms with Gasteiger partial charge in [0.05, 0.1) is 5.02 Å². The van der Waals surface area contributed by atoms with Crippen molar-refractivity contribution in [2.24, 2.45) is 0 Å². The maximum Gasteiger partial charge on any atom is 0.273 e. The van der Waals surface area contributed by atoms with Gasteiger partial charge in [0.2, 0.25) is 5.91 Å². The van der Waals surface area contributed by atoms with Gasteiger partial charge in [0, 0.05) is 30.5 Å². The highest BCUT2D eigenvalue weighted by Gasteiger charge is 2.11. The fourth-order valence-electron chi connectivity index (χ4n) is 2.45. The van der Waals surface area contributed by atoms with Crippen LogP contribution in [-0.2, 0) is 17.8 Å². The number of H-pyrrole nitrogens is 1. The van der Waals surface area contributed by atoms with Crippen molar-refractivity contribution in [1.82, 2.24) is 20.5 Å². The molecule has 2 N–H and O–H groups in total. The van der Waals surface area contributed by atoms with Crippen LogP contribution >= 0.6 is 11.6 Å². The maximum atomic E-state index is 13.5. The molecule has 28 heavy (non-hydrogen) atoms. The van der Waals surface area contributed by atoms with Crippen LogP contribution in [0.2, 0.25) is 5.02 Å². The molecular weight excluding hydrogens is 390 g/mol. The zero-order valence-corrected chi connectivity index (χ0v) is 15.3. The first-order chi connectivity index (χ1) is 13.4. The third-order valence-electron chi connectivity index (χ3n) is 3.98. The molecule has 3 aromatic rings. The minimum absolute atomic E-state index is 0.00602. The summed E-state index contributed by atoms with van der Waals surface area (Å²) in [5.74, 6) is -1.20. The number of nitrogens with one attached hydrogen (secondary N) is 2. The van der Waals surface area contributed by atoms with Gasteiger partial charge in [0.15, 0.2) is 5.82 Å². The van der Waals surface area contributed by atoms with E-state index >= 15 is 0 Å². The van der Waals surface area contributed by atoms with Crippen LogP contribution in [0.3, 0.4) is 0 Å². The minimum atomic E-state index is -0.585. The third kappa shape index (κ3) is 4.77. The van der Waals surface area contributed by atoms with Gasteiger partial charge in [-0.3, -0.25) is 9.59 Å². The first kappa shape index (κ1) is 19.6. The molecule has 0 aliphatic rings. The molecule has 0 fully saturated rings. The van der Waals surface area contributed by atoms with E-state index in [4.69, 9.17) is 11.6 Å².